The molecule has 2 N–H and O–H groups in total. The monoisotopic (exact) mass is 227 g/mol. The lowest BCUT2D eigenvalue weighted by Gasteiger charge is -2.37. The standard InChI is InChI=1S/C14H29NO/c1-14(2,3)12-6-8-13(9-7-12)15-10-4-5-11-16/h12-13,15-16H,4-11H2,1-3H3. The zero-order valence-electron chi connectivity index (χ0n) is 11.3. The van der Waals surface area contributed by atoms with Crippen LogP contribution < -0.4 is 5.32 Å². The summed E-state index contributed by atoms with van der Waals surface area (Å²) >= 11 is 0. The van der Waals surface area contributed by atoms with Crippen molar-refractivity contribution in [2.45, 2.75) is 65.3 Å². The van der Waals surface area contributed by atoms with Crippen LogP contribution in [0, 0.1) is 11.3 Å². The van der Waals surface area contributed by atoms with Crippen LogP contribution in [0.4, 0.5) is 0 Å². The molecule has 0 spiro atoms. The largest absolute Gasteiger partial charge is 0.396 e. The molecule has 0 aromatic rings. The fourth-order valence-corrected chi connectivity index (χ4v) is 2.71. The van der Waals surface area contributed by atoms with E-state index in [2.05, 4.69) is 26.1 Å². The quantitative estimate of drug-likeness (QED) is 0.708. The van der Waals surface area contributed by atoms with Crippen molar-refractivity contribution in [1.82, 2.24) is 5.32 Å². The van der Waals surface area contributed by atoms with Crippen LogP contribution >= 0.6 is 0 Å². The summed E-state index contributed by atoms with van der Waals surface area (Å²) in [5.41, 5.74) is 0.488. The number of rotatable bonds is 5. The van der Waals surface area contributed by atoms with E-state index in [1.165, 1.54) is 25.7 Å². The number of hydrogen-bond donors (Lipinski definition) is 2. The van der Waals surface area contributed by atoms with Gasteiger partial charge in [0.25, 0.3) is 0 Å². The first-order chi connectivity index (χ1) is 7.54. The second-order valence-electron chi connectivity index (χ2n) is 6.30. The van der Waals surface area contributed by atoms with Gasteiger partial charge >= 0.3 is 0 Å². The number of nitrogens with one attached hydrogen (secondary N) is 1. The van der Waals surface area contributed by atoms with Crippen LogP contribution in [0.2, 0.25) is 0 Å². The summed E-state index contributed by atoms with van der Waals surface area (Å²) < 4.78 is 0. The van der Waals surface area contributed by atoms with Gasteiger partial charge in [-0.05, 0) is 56.4 Å². The maximum Gasteiger partial charge on any atom is 0.0431 e. The van der Waals surface area contributed by atoms with Crippen molar-refractivity contribution in [1.29, 1.82) is 0 Å². The molecule has 1 aliphatic rings. The Kier molecular flexibility index (Phi) is 5.77. The molecule has 0 amide bonds. The molecule has 16 heavy (non-hydrogen) atoms. The summed E-state index contributed by atoms with van der Waals surface area (Å²) in [5.74, 6) is 0.906. The van der Waals surface area contributed by atoms with Gasteiger partial charge in [0.15, 0.2) is 0 Å². The van der Waals surface area contributed by atoms with Crippen LogP contribution in [0.1, 0.15) is 59.3 Å². The van der Waals surface area contributed by atoms with E-state index in [-0.39, 0.29) is 0 Å². The first-order valence-corrected chi connectivity index (χ1v) is 6.88. The van der Waals surface area contributed by atoms with Gasteiger partial charge in [-0.25, -0.2) is 0 Å². The second kappa shape index (κ2) is 6.61. The van der Waals surface area contributed by atoms with E-state index in [4.69, 9.17) is 5.11 Å². The number of hydrogen-bond acceptors (Lipinski definition) is 2. The minimum atomic E-state index is 0.332. The molecule has 2 nitrogen and oxygen atoms in total. The van der Waals surface area contributed by atoms with Crippen LogP contribution in [0.5, 0.6) is 0 Å². The van der Waals surface area contributed by atoms with E-state index >= 15 is 0 Å². The Labute approximate surface area is 101 Å². The zero-order valence-corrected chi connectivity index (χ0v) is 11.3. The molecule has 1 rings (SSSR count). The molecule has 0 aliphatic heterocycles. The third-order valence-corrected chi connectivity index (χ3v) is 3.97. The van der Waals surface area contributed by atoms with E-state index in [1.54, 1.807) is 0 Å². The summed E-state index contributed by atoms with van der Waals surface area (Å²) in [6.45, 7) is 8.51. The van der Waals surface area contributed by atoms with E-state index in [9.17, 15) is 0 Å². The first-order valence-electron chi connectivity index (χ1n) is 6.88. The molecule has 2 heteroatoms. The fraction of sp³-hybridized carbons (Fsp3) is 1.00. The summed E-state index contributed by atoms with van der Waals surface area (Å²) in [6, 6.07) is 0.734. The van der Waals surface area contributed by atoms with Gasteiger partial charge in [0.1, 0.15) is 0 Å². The molecule has 0 bridgehead atoms. The summed E-state index contributed by atoms with van der Waals surface area (Å²) in [5, 5.41) is 12.3. The number of unbranched alkanes of at least 4 members (excludes halogenated alkanes) is 1. The van der Waals surface area contributed by atoms with Gasteiger partial charge in [-0.2, -0.15) is 0 Å². The van der Waals surface area contributed by atoms with Crippen LogP contribution in [-0.2, 0) is 0 Å². The first kappa shape index (κ1) is 14.0. The predicted molar refractivity (Wildman–Crippen MR) is 69.5 cm³/mol. The van der Waals surface area contributed by atoms with Crippen molar-refractivity contribution < 1.29 is 5.11 Å². The molecule has 0 unspecified atom stereocenters. The summed E-state index contributed by atoms with van der Waals surface area (Å²) in [4.78, 5) is 0. The lowest BCUT2D eigenvalue weighted by atomic mass is 9.71. The molecular weight excluding hydrogens is 198 g/mol. The number of aliphatic hydroxyl groups is 1. The average molecular weight is 227 g/mol. The molecule has 0 atom stereocenters. The van der Waals surface area contributed by atoms with Gasteiger partial charge < -0.3 is 10.4 Å². The fourth-order valence-electron chi connectivity index (χ4n) is 2.71. The Morgan fingerprint density at radius 3 is 2.19 bits per heavy atom. The van der Waals surface area contributed by atoms with Crippen molar-refractivity contribution in [3.8, 4) is 0 Å². The minimum Gasteiger partial charge on any atom is -0.396 e. The Morgan fingerprint density at radius 2 is 1.69 bits per heavy atom. The van der Waals surface area contributed by atoms with Crippen molar-refractivity contribution in [2.24, 2.45) is 11.3 Å². The second-order valence-corrected chi connectivity index (χ2v) is 6.30. The lowest BCUT2D eigenvalue weighted by Crippen LogP contribution is -2.36. The van der Waals surface area contributed by atoms with E-state index in [0.717, 1.165) is 31.3 Å². The smallest absolute Gasteiger partial charge is 0.0431 e. The Bertz CT molecular complexity index is 178. The molecule has 0 heterocycles. The predicted octanol–water partition coefficient (Wildman–Crippen LogP) is 2.95. The van der Waals surface area contributed by atoms with Gasteiger partial charge in [-0.3, -0.25) is 0 Å². The van der Waals surface area contributed by atoms with Gasteiger partial charge in [-0.1, -0.05) is 20.8 Å². The SMILES string of the molecule is CC(C)(C)C1CCC(NCCCCO)CC1. The van der Waals surface area contributed by atoms with Crippen LogP contribution in [0.15, 0.2) is 0 Å². The van der Waals surface area contributed by atoms with Crippen molar-refractivity contribution >= 4 is 0 Å². The van der Waals surface area contributed by atoms with Crippen molar-refractivity contribution in [3.63, 3.8) is 0 Å². The highest BCUT2D eigenvalue weighted by Crippen LogP contribution is 2.37. The molecule has 0 aromatic heterocycles. The molecular formula is C14H29NO. The zero-order chi connectivity index (χ0) is 12.0. The van der Waals surface area contributed by atoms with Crippen molar-refractivity contribution in [2.75, 3.05) is 13.2 Å². The summed E-state index contributed by atoms with van der Waals surface area (Å²) in [6.07, 6.45) is 7.46. The van der Waals surface area contributed by atoms with Gasteiger partial charge in [0.2, 0.25) is 0 Å². The van der Waals surface area contributed by atoms with Crippen LogP contribution in [0.3, 0.4) is 0 Å². The molecule has 1 aliphatic carbocycles. The normalized spacial score (nSPS) is 27.0. The maximum atomic E-state index is 8.70. The van der Waals surface area contributed by atoms with Crippen molar-refractivity contribution in [3.05, 3.63) is 0 Å². The number of aliphatic hydroxyl groups excluding tert-OH is 1. The van der Waals surface area contributed by atoms with E-state index in [0.29, 0.717) is 12.0 Å². The van der Waals surface area contributed by atoms with Gasteiger partial charge in [0.05, 0.1) is 0 Å². The Balaban J connectivity index is 2.12. The molecule has 1 saturated carbocycles. The third kappa shape index (κ3) is 4.84. The van der Waals surface area contributed by atoms with Crippen LogP contribution in [0.25, 0.3) is 0 Å². The van der Waals surface area contributed by atoms with Gasteiger partial charge in [0, 0.05) is 12.6 Å². The lowest BCUT2D eigenvalue weighted by molar-refractivity contribution is 0.160. The topological polar surface area (TPSA) is 32.3 Å². The molecule has 1 fully saturated rings. The third-order valence-electron chi connectivity index (χ3n) is 3.97. The highest BCUT2D eigenvalue weighted by atomic mass is 16.2. The van der Waals surface area contributed by atoms with E-state index in [1.807, 2.05) is 0 Å². The Hall–Kier alpha value is -0.0800. The Morgan fingerprint density at radius 1 is 1.06 bits per heavy atom. The van der Waals surface area contributed by atoms with E-state index < -0.39 is 0 Å². The molecule has 96 valence electrons. The average Bonchev–Trinajstić information content (AvgIpc) is 2.24. The van der Waals surface area contributed by atoms with Gasteiger partial charge in [-0.15, -0.1) is 0 Å². The highest BCUT2D eigenvalue weighted by molar-refractivity contribution is 4.83. The maximum absolute atomic E-state index is 8.70. The van der Waals surface area contributed by atoms with Crippen LogP contribution in [-0.4, -0.2) is 24.3 Å². The minimum absolute atomic E-state index is 0.332. The summed E-state index contributed by atoms with van der Waals surface area (Å²) in [7, 11) is 0. The highest BCUT2D eigenvalue weighted by Gasteiger charge is 2.29. The molecule has 0 radical (unpaired) electrons. The molecule has 0 saturated heterocycles. The molecule has 0 aromatic carbocycles.